The van der Waals surface area contributed by atoms with Crippen LogP contribution in [0.1, 0.15) is 35.4 Å². The van der Waals surface area contributed by atoms with Crippen LogP contribution in [0.25, 0.3) is 10.1 Å². The fourth-order valence-corrected chi connectivity index (χ4v) is 5.04. The first-order chi connectivity index (χ1) is 16.8. The summed E-state index contributed by atoms with van der Waals surface area (Å²) in [4.78, 5) is 74.5. The van der Waals surface area contributed by atoms with Crippen LogP contribution in [-0.2, 0) is 19.2 Å². The smallest absolute Gasteiger partial charge is 0.358 e. The lowest BCUT2D eigenvalue weighted by molar-refractivity contribution is -0.155. The number of benzene rings is 1. The largest absolute Gasteiger partial charge is 0.481 e. The Morgan fingerprint density at radius 3 is 2.69 bits per heavy atom. The van der Waals surface area contributed by atoms with Crippen molar-refractivity contribution < 1.29 is 33.9 Å². The summed E-state index contributed by atoms with van der Waals surface area (Å²) in [5.41, 5.74) is 2.55. The minimum absolute atomic E-state index is 0.0702. The number of urea groups is 1. The number of nitrogens with one attached hydrogen (secondary N) is 2. The van der Waals surface area contributed by atoms with E-state index in [2.05, 4.69) is 10.7 Å². The molecular weight excluding hydrogens is 478 g/mol. The Kier molecular flexibility index (Phi) is 6.96. The molecule has 3 N–H and O–H groups in total. The fourth-order valence-electron chi connectivity index (χ4n) is 4.09. The van der Waals surface area contributed by atoms with E-state index in [0.29, 0.717) is 17.6 Å². The van der Waals surface area contributed by atoms with Crippen molar-refractivity contribution in [2.24, 2.45) is 0 Å². The zero-order valence-electron chi connectivity index (χ0n) is 18.5. The highest BCUT2D eigenvalue weighted by Gasteiger charge is 2.44. The lowest BCUT2D eigenvalue weighted by Crippen LogP contribution is -2.64. The Morgan fingerprint density at radius 2 is 1.97 bits per heavy atom. The molecule has 0 saturated carbocycles. The van der Waals surface area contributed by atoms with E-state index in [-0.39, 0.29) is 25.9 Å². The topological polar surface area (TPSA) is 156 Å². The third kappa shape index (κ3) is 5.09. The average molecular weight is 502 g/mol. The van der Waals surface area contributed by atoms with Gasteiger partial charge in [-0.3, -0.25) is 24.6 Å². The van der Waals surface area contributed by atoms with Crippen LogP contribution < -0.4 is 10.7 Å². The number of aliphatic carboxylic acids is 1. The van der Waals surface area contributed by atoms with Gasteiger partial charge in [-0.15, -0.1) is 11.3 Å². The molecule has 12 nitrogen and oxygen atoms in total. The van der Waals surface area contributed by atoms with Gasteiger partial charge in [-0.2, -0.15) is 0 Å². The minimum Gasteiger partial charge on any atom is -0.481 e. The molecule has 3 heterocycles. The molecule has 35 heavy (non-hydrogen) atoms. The molecule has 1 aromatic heterocycles. The molecule has 0 bridgehead atoms. The second kappa shape index (κ2) is 10.1. The lowest BCUT2D eigenvalue weighted by atomic mass is 10.1. The van der Waals surface area contributed by atoms with E-state index in [1.165, 1.54) is 16.3 Å². The highest BCUT2D eigenvalue weighted by atomic mass is 32.1. The van der Waals surface area contributed by atoms with Crippen molar-refractivity contribution in [3.05, 3.63) is 35.2 Å². The number of rotatable bonds is 7. The second-order valence-corrected chi connectivity index (χ2v) is 9.23. The Bertz CT molecular complexity index is 1160. The van der Waals surface area contributed by atoms with Gasteiger partial charge in [-0.1, -0.05) is 18.2 Å². The number of hydrazine groups is 2. The zero-order valence-corrected chi connectivity index (χ0v) is 19.3. The predicted octanol–water partition coefficient (Wildman–Crippen LogP) is 0.738. The van der Waals surface area contributed by atoms with Gasteiger partial charge < -0.3 is 15.2 Å². The maximum atomic E-state index is 13.4. The summed E-state index contributed by atoms with van der Waals surface area (Å²) < 4.78 is 0.903. The van der Waals surface area contributed by atoms with Gasteiger partial charge in [0.2, 0.25) is 11.8 Å². The molecule has 0 aliphatic carbocycles. The van der Waals surface area contributed by atoms with Crippen molar-refractivity contribution in [3.8, 4) is 0 Å². The zero-order chi connectivity index (χ0) is 25.1. The van der Waals surface area contributed by atoms with Crippen molar-refractivity contribution in [1.82, 2.24) is 25.8 Å². The van der Waals surface area contributed by atoms with E-state index < -0.39 is 48.2 Å². The van der Waals surface area contributed by atoms with E-state index in [1.54, 1.807) is 6.07 Å². The van der Waals surface area contributed by atoms with Gasteiger partial charge in [0.15, 0.2) is 0 Å². The Hall–Kier alpha value is -4.00. The number of carbonyl (C=O) groups is 6. The number of carboxylic acids is 1. The molecule has 5 amide bonds. The predicted molar refractivity (Wildman–Crippen MR) is 123 cm³/mol. The molecule has 2 fully saturated rings. The Balaban J connectivity index is 1.54. The van der Waals surface area contributed by atoms with Crippen LogP contribution >= 0.6 is 11.3 Å². The van der Waals surface area contributed by atoms with Crippen molar-refractivity contribution in [2.45, 2.75) is 37.8 Å². The molecule has 2 aliphatic rings. The van der Waals surface area contributed by atoms with Crippen molar-refractivity contribution in [3.63, 3.8) is 0 Å². The van der Waals surface area contributed by atoms with Crippen LogP contribution in [0.5, 0.6) is 0 Å². The highest BCUT2D eigenvalue weighted by molar-refractivity contribution is 7.20. The maximum absolute atomic E-state index is 13.4. The first-order valence-corrected chi connectivity index (χ1v) is 11.8. The number of aldehydes is 1. The standard InChI is InChI=1S/C22H23N5O7S/c28-12-14(11-19(30)31)23-20(32)15-5-3-8-26-18(29)7-9-25(22(34)27(15)26)24-21(33)17-10-13-4-1-2-6-16(13)35-17/h1-2,4,6,10,12,14-15H,3,5,7-9,11H2,(H,23,32)(H,24,33)(H,30,31)/t14-,15-/m0/s1. The third-order valence-electron chi connectivity index (χ3n) is 5.74. The van der Waals surface area contributed by atoms with Crippen LogP contribution in [0.3, 0.4) is 0 Å². The normalized spacial score (nSPS) is 19.1. The average Bonchev–Trinajstić information content (AvgIpc) is 3.24. The van der Waals surface area contributed by atoms with E-state index in [0.717, 1.165) is 20.1 Å². The van der Waals surface area contributed by atoms with E-state index in [9.17, 15) is 28.8 Å². The van der Waals surface area contributed by atoms with Crippen LogP contribution in [0.4, 0.5) is 4.79 Å². The van der Waals surface area contributed by atoms with Crippen LogP contribution in [0.2, 0.25) is 0 Å². The number of carbonyl (C=O) groups excluding carboxylic acids is 5. The molecule has 4 rings (SSSR count). The molecule has 2 atom stereocenters. The molecule has 2 aromatic rings. The lowest BCUT2D eigenvalue weighted by Gasteiger charge is -2.42. The summed E-state index contributed by atoms with van der Waals surface area (Å²) >= 11 is 1.26. The first kappa shape index (κ1) is 24.1. The molecular formula is C22H23N5O7S. The number of fused-ring (bicyclic) bond motifs is 2. The summed E-state index contributed by atoms with van der Waals surface area (Å²) in [5.74, 6) is -2.96. The minimum atomic E-state index is -1.28. The molecule has 1 aromatic carbocycles. The number of amides is 5. The molecule has 0 spiro atoms. The quantitative estimate of drug-likeness (QED) is 0.472. The number of hydrogen-bond donors (Lipinski definition) is 3. The van der Waals surface area contributed by atoms with Gasteiger partial charge >= 0.3 is 12.0 Å². The number of thiophene rings is 1. The molecule has 184 valence electrons. The van der Waals surface area contributed by atoms with Gasteiger partial charge in [-0.05, 0) is 30.4 Å². The summed E-state index contributed by atoms with van der Waals surface area (Å²) in [5, 5.41) is 15.3. The number of carboxylic acid groups (broad SMARTS) is 1. The van der Waals surface area contributed by atoms with Crippen molar-refractivity contribution >= 4 is 57.4 Å². The van der Waals surface area contributed by atoms with Crippen molar-refractivity contribution in [2.75, 3.05) is 13.1 Å². The van der Waals surface area contributed by atoms with Gasteiger partial charge in [0.05, 0.1) is 23.9 Å². The molecule has 0 radical (unpaired) electrons. The Labute approximate surface area is 203 Å². The molecule has 13 heteroatoms. The Morgan fingerprint density at radius 1 is 1.20 bits per heavy atom. The summed E-state index contributed by atoms with van der Waals surface area (Å²) in [6.07, 6.45) is 0.235. The number of hydrogen-bond acceptors (Lipinski definition) is 7. The van der Waals surface area contributed by atoms with Gasteiger partial charge in [0, 0.05) is 17.7 Å². The van der Waals surface area contributed by atoms with E-state index in [4.69, 9.17) is 5.11 Å². The van der Waals surface area contributed by atoms with E-state index in [1.807, 2.05) is 24.3 Å². The van der Waals surface area contributed by atoms with Crippen LogP contribution in [0.15, 0.2) is 30.3 Å². The SMILES string of the molecule is O=C[C@H](CC(=O)O)NC(=O)[C@@H]1CCCN2C(=O)CCN(NC(=O)c3cc4ccccc4s3)C(=O)N12. The van der Waals surface area contributed by atoms with Gasteiger partial charge in [-0.25, -0.2) is 19.8 Å². The third-order valence-corrected chi connectivity index (χ3v) is 6.86. The molecule has 2 saturated heterocycles. The second-order valence-electron chi connectivity index (χ2n) is 8.14. The molecule has 0 unspecified atom stereocenters. The maximum Gasteiger partial charge on any atom is 0.358 e. The van der Waals surface area contributed by atoms with Crippen molar-refractivity contribution in [1.29, 1.82) is 0 Å². The number of nitrogens with zero attached hydrogens (tertiary/aromatic N) is 3. The highest BCUT2D eigenvalue weighted by Crippen LogP contribution is 2.26. The monoisotopic (exact) mass is 501 g/mol. The van der Waals surface area contributed by atoms with Gasteiger partial charge in [0.1, 0.15) is 12.3 Å². The van der Waals surface area contributed by atoms with Crippen LogP contribution in [0, 0.1) is 0 Å². The van der Waals surface area contributed by atoms with Gasteiger partial charge in [0.25, 0.3) is 5.91 Å². The fraction of sp³-hybridized carbons (Fsp3) is 0.364. The summed E-state index contributed by atoms with van der Waals surface area (Å²) in [7, 11) is 0. The first-order valence-electron chi connectivity index (χ1n) is 11.0. The summed E-state index contributed by atoms with van der Waals surface area (Å²) in [6, 6.07) is 5.94. The summed E-state index contributed by atoms with van der Waals surface area (Å²) in [6.45, 7) is 0.115. The molecule has 2 aliphatic heterocycles. The van der Waals surface area contributed by atoms with E-state index >= 15 is 0 Å². The van der Waals surface area contributed by atoms with Crippen LogP contribution in [-0.4, -0.2) is 81.3 Å².